The van der Waals surface area contributed by atoms with E-state index in [0.717, 1.165) is 30.4 Å². The van der Waals surface area contributed by atoms with Gasteiger partial charge in [0.25, 0.3) is 5.91 Å². The zero-order valence-electron chi connectivity index (χ0n) is 15.7. The van der Waals surface area contributed by atoms with Crippen molar-refractivity contribution < 1.29 is 9.53 Å². The minimum absolute atomic E-state index is 0.0102. The Morgan fingerprint density at radius 3 is 2.85 bits per heavy atom. The molecule has 1 amide bonds. The number of carbonyl (C=O) groups excluding carboxylic acids is 1. The molecular formula is C20H27N5O2. The van der Waals surface area contributed by atoms with Crippen LogP contribution >= 0.6 is 0 Å². The van der Waals surface area contributed by atoms with Gasteiger partial charge in [0.1, 0.15) is 12.4 Å². The summed E-state index contributed by atoms with van der Waals surface area (Å²) in [7, 11) is 0. The molecule has 1 heterocycles. The van der Waals surface area contributed by atoms with Gasteiger partial charge in [-0.15, -0.1) is 0 Å². The van der Waals surface area contributed by atoms with Crippen molar-refractivity contribution in [2.75, 3.05) is 25.4 Å². The first kappa shape index (κ1) is 19.1. The molecule has 1 aliphatic carbocycles. The molecule has 144 valence electrons. The Labute approximate surface area is 159 Å². The van der Waals surface area contributed by atoms with Crippen LogP contribution in [0.25, 0.3) is 0 Å². The summed E-state index contributed by atoms with van der Waals surface area (Å²) < 4.78 is 5.95. The first-order valence-corrected chi connectivity index (χ1v) is 9.43. The quantitative estimate of drug-likeness (QED) is 0.663. The average Bonchev–Trinajstić information content (AvgIpc) is 3.48. The molecular weight excluding hydrogens is 342 g/mol. The Kier molecular flexibility index (Phi) is 6.24. The van der Waals surface area contributed by atoms with Crippen LogP contribution in [0.1, 0.15) is 47.9 Å². The second kappa shape index (κ2) is 8.81. The zero-order valence-corrected chi connectivity index (χ0v) is 15.7. The van der Waals surface area contributed by atoms with Crippen molar-refractivity contribution in [3.8, 4) is 5.75 Å². The lowest BCUT2D eigenvalue weighted by molar-refractivity contribution is 0.0996. The zero-order chi connectivity index (χ0) is 19.2. The lowest BCUT2D eigenvalue weighted by Crippen LogP contribution is -2.31. The second-order valence-electron chi connectivity index (χ2n) is 6.90. The summed E-state index contributed by atoms with van der Waals surface area (Å²) in [5, 5.41) is 0. The van der Waals surface area contributed by atoms with E-state index in [-0.39, 0.29) is 11.5 Å². The van der Waals surface area contributed by atoms with Crippen molar-refractivity contribution in [3.63, 3.8) is 0 Å². The van der Waals surface area contributed by atoms with Crippen LogP contribution in [0.3, 0.4) is 0 Å². The lowest BCUT2D eigenvalue weighted by atomic mass is 10.1. The van der Waals surface area contributed by atoms with Gasteiger partial charge >= 0.3 is 0 Å². The number of aromatic nitrogens is 2. The molecule has 0 radical (unpaired) electrons. The lowest BCUT2D eigenvalue weighted by Gasteiger charge is -2.21. The number of amides is 1. The topological polar surface area (TPSA) is 107 Å². The van der Waals surface area contributed by atoms with E-state index in [9.17, 15) is 4.79 Å². The molecule has 3 rings (SSSR count). The molecule has 1 fully saturated rings. The van der Waals surface area contributed by atoms with Crippen LogP contribution < -0.4 is 16.2 Å². The number of ether oxygens (including phenoxy) is 1. The molecule has 1 aromatic carbocycles. The smallest absolute Gasteiger partial charge is 0.271 e. The molecule has 0 saturated heterocycles. The van der Waals surface area contributed by atoms with Gasteiger partial charge in [0.05, 0.1) is 11.9 Å². The van der Waals surface area contributed by atoms with Gasteiger partial charge in [-0.3, -0.25) is 9.69 Å². The van der Waals surface area contributed by atoms with E-state index in [1.165, 1.54) is 19.3 Å². The van der Waals surface area contributed by atoms with E-state index in [4.69, 9.17) is 16.2 Å². The van der Waals surface area contributed by atoms with Crippen LogP contribution in [0.4, 0.5) is 5.82 Å². The number of nitrogen functional groups attached to an aromatic ring is 1. The number of carbonyl (C=O) groups is 1. The summed E-state index contributed by atoms with van der Waals surface area (Å²) in [6.07, 6.45) is 5.88. The highest BCUT2D eigenvalue weighted by Gasteiger charge is 2.27. The predicted octanol–water partition coefficient (Wildman–Crippen LogP) is 2.00. The largest absolute Gasteiger partial charge is 0.492 e. The molecule has 7 nitrogen and oxygen atoms in total. The maximum atomic E-state index is 11.4. The fraction of sp³-hybridized carbons (Fsp3) is 0.450. The van der Waals surface area contributed by atoms with Gasteiger partial charge in [0.2, 0.25) is 0 Å². The highest BCUT2D eigenvalue weighted by atomic mass is 16.5. The third kappa shape index (κ3) is 5.40. The van der Waals surface area contributed by atoms with Gasteiger partial charge in [-0.25, -0.2) is 9.97 Å². The number of nitrogens with zero attached hydrogens (tertiary/aromatic N) is 3. The molecule has 0 bridgehead atoms. The van der Waals surface area contributed by atoms with Crippen molar-refractivity contribution in [1.29, 1.82) is 0 Å². The Hall–Kier alpha value is -2.67. The Morgan fingerprint density at radius 1 is 1.33 bits per heavy atom. The van der Waals surface area contributed by atoms with Gasteiger partial charge in [0, 0.05) is 19.0 Å². The Morgan fingerprint density at radius 2 is 2.15 bits per heavy atom. The SMILES string of the molecule is CCCN(CCOc1cccc(Cc2cnc(N)c(C(N)=O)n2)c1)C1CC1. The number of anilines is 1. The molecule has 1 aromatic heterocycles. The number of nitrogens with two attached hydrogens (primary N) is 2. The molecule has 0 atom stereocenters. The van der Waals surface area contributed by atoms with E-state index in [0.29, 0.717) is 18.7 Å². The fourth-order valence-corrected chi connectivity index (χ4v) is 3.14. The van der Waals surface area contributed by atoms with Crippen LogP contribution in [0.15, 0.2) is 30.5 Å². The molecule has 27 heavy (non-hydrogen) atoms. The van der Waals surface area contributed by atoms with Crippen LogP contribution in [0.5, 0.6) is 5.75 Å². The summed E-state index contributed by atoms with van der Waals surface area (Å²) in [6, 6.07) is 8.64. The Bertz CT molecular complexity index is 792. The highest BCUT2D eigenvalue weighted by Crippen LogP contribution is 2.26. The second-order valence-corrected chi connectivity index (χ2v) is 6.90. The van der Waals surface area contributed by atoms with Crippen LogP contribution in [0, 0.1) is 0 Å². The number of hydrogen-bond acceptors (Lipinski definition) is 6. The van der Waals surface area contributed by atoms with Gasteiger partial charge in [0.15, 0.2) is 11.5 Å². The van der Waals surface area contributed by atoms with Crippen molar-refractivity contribution in [2.24, 2.45) is 5.73 Å². The maximum absolute atomic E-state index is 11.4. The van der Waals surface area contributed by atoms with Crippen molar-refractivity contribution >= 4 is 11.7 Å². The molecule has 4 N–H and O–H groups in total. The van der Waals surface area contributed by atoms with E-state index >= 15 is 0 Å². The van der Waals surface area contributed by atoms with E-state index < -0.39 is 5.91 Å². The van der Waals surface area contributed by atoms with E-state index in [1.54, 1.807) is 6.20 Å². The van der Waals surface area contributed by atoms with Crippen molar-refractivity contribution in [3.05, 3.63) is 47.4 Å². The van der Waals surface area contributed by atoms with Crippen LogP contribution in [-0.4, -0.2) is 46.5 Å². The van der Waals surface area contributed by atoms with Gasteiger partial charge in [-0.2, -0.15) is 0 Å². The first-order chi connectivity index (χ1) is 13.1. The molecule has 2 aromatic rings. The maximum Gasteiger partial charge on any atom is 0.271 e. The minimum Gasteiger partial charge on any atom is -0.492 e. The summed E-state index contributed by atoms with van der Waals surface area (Å²) in [6.45, 7) is 4.97. The number of hydrogen-bond donors (Lipinski definition) is 2. The molecule has 0 unspecified atom stereocenters. The van der Waals surface area contributed by atoms with Crippen molar-refractivity contribution in [1.82, 2.24) is 14.9 Å². The van der Waals surface area contributed by atoms with Crippen LogP contribution in [0.2, 0.25) is 0 Å². The van der Waals surface area contributed by atoms with Crippen LogP contribution in [-0.2, 0) is 6.42 Å². The summed E-state index contributed by atoms with van der Waals surface area (Å²) >= 11 is 0. The molecule has 7 heteroatoms. The molecule has 1 saturated carbocycles. The highest BCUT2D eigenvalue weighted by molar-refractivity contribution is 5.94. The normalized spacial score (nSPS) is 13.7. The monoisotopic (exact) mass is 369 g/mol. The molecule has 1 aliphatic rings. The standard InChI is InChI=1S/C20H27N5O2/c1-2-8-25(16-6-7-16)9-10-27-17-5-3-4-14(12-17)11-15-13-23-19(21)18(24-15)20(22)26/h3-5,12-13,16H,2,6-11H2,1H3,(H2,21,23)(H2,22,26). The third-order valence-electron chi connectivity index (χ3n) is 4.59. The predicted molar refractivity (Wildman–Crippen MR) is 105 cm³/mol. The summed E-state index contributed by atoms with van der Waals surface area (Å²) in [5.41, 5.74) is 12.6. The van der Waals surface area contributed by atoms with Gasteiger partial charge < -0.3 is 16.2 Å². The Balaban J connectivity index is 1.58. The van der Waals surface area contributed by atoms with Gasteiger partial charge in [-0.05, 0) is 43.5 Å². The van der Waals surface area contributed by atoms with E-state index in [1.807, 2.05) is 24.3 Å². The van der Waals surface area contributed by atoms with Crippen molar-refractivity contribution in [2.45, 2.75) is 38.6 Å². The summed E-state index contributed by atoms with van der Waals surface area (Å²) in [5.74, 6) is 0.208. The number of rotatable bonds is 10. The minimum atomic E-state index is -0.675. The number of primary amides is 1. The average molecular weight is 369 g/mol. The molecule has 0 aliphatic heterocycles. The first-order valence-electron chi connectivity index (χ1n) is 9.43. The number of benzene rings is 1. The van der Waals surface area contributed by atoms with Gasteiger partial charge in [-0.1, -0.05) is 19.1 Å². The fourth-order valence-electron chi connectivity index (χ4n) is 3.14. The third-order valence-corrected chi connectivity index (χ3v) is 4.59. The summed E-state index contributed by atoms with van der Waals surface area (Å²) in [4.78, 5) is 22.1. The van der Waals surface area contributed by atoms with E-state index in [2.05, 4.69) is 21.8 Å². The molecule has 0 spiro atoms.